The second-order valence-electron chi connectivity index (χ2n) is 4.38. The minimum Gasteiger partial charge on any atom is -0.506 e. The van der Waals surface area contributed by atoms with Crippen LogP contribution in [0, 0.1) is 5.92 Å². The van der Waals surface area contributed by atoms with E-state index < -0.39 is 5.97 Å². The number of carbonyl (C=O) groups is 1. The van der Waals surface area contributed by atoms with Gasteiger partial charge in [0.1, 0.15) is 12.4 Å². The Labute approximate surface area is 107 Å². The molecule has 1 aromatic rings. The van der Waals surface area contributed by atoms with E-state index in [-0.39, 0.29) is 23.6 Å². The fourth-order valence-electron chi connectivity index (χ4n) is 1.27. The molecule has 5 nitrogen and oxygen atoms in total. The van der Waals surface area contributed by atoms with Crippen LogP contribution < -0.4 is 5.73 Å². The first-order valence-electron chi connectivity index (χ1n) is 5.84. The van der Waals surface area contributed by atoms with E-state index in [1.54, 1.807) is 0 Å². The average Bonchev–Trinajstić information content (AvgIpc) is 2.31. The third kappa shape index (κ3) is 4.63. The molecular weight excluding hydrogens is 234 g/mol. The summed E-state index contributed by atoms with van der Waals surface area (Å²) in [4.78, 5) is 11.6. The van der Waals surface area contributed by atoms with E-state index in [1.807, 2.05) is 13.8 Å². The number of ether oxygens (including phenoxy) is 2. The van der Waals surface area contributed by atoms with Crippen LogP contribution in [0.1, 0.15) is 24.2 Å². The summed E-state index contributed by atoms with van der Waals surface area (Å²) >= 11 is 0. The second-order valence-corrected chi connectivity index (χ2v) is 4.38. The largest absolute Gasteiger partial charge is 0.506 e. The summed E-state index contributed by atoms with van der Waals surface area (Å²) < 4.78 is 10.3. The molecular formula is C13H19NO4. The molecule has 100 valence electrons. The lowest BCUT2D eigenvalue weighted by molar-refractivity contribution is 0.0277. The van der Waals surface area contributed by atoms with Gasteiger partial charge < -0.3 is 20.3 Å². The monoisotopic (exact) mass is 253 g/mol. The van der Waals surface area contributed by atoms with Gasteiger partial charge in [-0.3, -0.25) is 0 Å². The minimum absolute atomic E-state index is 0.125. The maximum Gasteiger partial charge on any atom is 0.338 e. The van der Waals surface area contributed by atoms with Crippen LogP contribution in [0.2, 0.25) is 0 Å². The highest BCUT2D eigenvalue weighted by Crippen LogP contribution is 2.20. The van der Waals surface area contributed by atoms with Crippen molar-refractivity contribution in [3.8, 4) is 5.75 Å². The zero-order valence-corrected chi connectivity index (χ0v) is 10.7. The minimum atomic E-state index is -0.501. The van der Waals surface area contributed by atoms with Crippen LogP contribution in [0.4, 0.5) is 5.69 Å². The van der Waals surface area contributed by atoms with Crippen molar-refractivity contribution >= 4 is 11.7 Å². The maximum absolute atomic E-state index is 11.6. The molecule has 0 atom stereocenters. The molecule has 0 unspecified atom stereocenters. The predicted octanol–water partition coefficient (Wildman–Crippen LogP) is 1.80. The van der Waals surface area contributed by atoms with E-state index in [0.29, 0.717) is 19.1 Å². The zero-order valence-electron chi connectivity index (χ0n) is 10.7. The number of hydrogen-bond acceptors (Lipinski definition) is 5. The first kappa shape index (κ1) is 14.3. The molecule has 0 amide bonds. The number of nitrogen functional groups attached to an aromatic ring is 1. The predicted molar refractivity (Wildman–Crippen MR) is 68.5 cm³/mol. The fraction of sp³-hybridized carbons (Fsp3) is 0.462. The van der Waals surface area contributed by atoms with Crippen molar-refractivity contribution in [1.29, 1.82) is 0 Å². The van der Waals surface area contributed by atoms with Gasteiger partial charge in [-0.2, -0.15) is 0 Å². The lowest BCUT2D eigenvalue weighted by Gasteiger charge is -2.08. The van der Waals surface area contributed by atoms with Gasteiger partial charge in [0.05, 0.1) is 17.9 Å². The number of esters is 1. The van der Waals surface area contributed by atoms with Crippen LogP contribution in [0.5, 0.6) is 5.75 Å². The quantitative estimate of drug-likeness (QED) is 0.349. The van der Waals surface area contributed by atoms with Gasteiger partial charge in [-0.15, -0.1) is 0 Å². The average molecular weight is 253 g/mol. The Bertz CT molecular complexity index is 404. The number of aromatic hydroxyl groups is 1. The summed E-state index contributed by atoms with van der Waals surface area (Å²) in [6.07, 6.45) is 0. The Kier molecular flexibility index (Phi) is 5.45. The lowest BCUT2D eigenvalue weighted by Crippen LogP contribution is -2.12. The fourth-order valence-corrected chi connectivity index (χ4v) is 1.27. The van der Waals surface area contributed by atoms with Gasteiger partial charge in [0, 0.05) is 6.61 Å². The Morgan fingerprint density at radius 1 is 1.39 bits per heavy atom. The molecule has 0 bridgehead atoms. The molecule has 0 spiro atoms. The molecule has 0 saturated carbocycles. The number of rotatable bonds is 6. The van der Waals surface area contributed by atoms with Gasteiger partial charge in [-0.1, -0.05) is 13.8 Å². The normalized spacial score (nSPS) is 10.6. The van der Waals surface area contributed by atoms with Crippen molar-refractivity contribution in [2.45, 2.75) is 13.8 Å². The first-order valence-corrected chi connectivity index (χ1v) is 5.84. The number of benzene rings is 1. The highest BCUT2D eigenvalue weighted by atomic mass is 16.6. The van der Waals surface area contributed by atoms with Crippen molar-refractivity contribution in [2.75, 3.05) is 25.6 Å². The molecule has 0 aromatic heterocycles. The smallest absolute Gasteiger partial charge is 0.338 e. The van der Waals surface area contributed by atoms with E-state index in [9.17, 15) is 9.90 Å². The Hall–Kier alpha value is -1.75. The molecule has 1 aromatic carbocycles. The van der Waals surface area contributed by atoms with Crippen molar-refractivity contribution < 1.29 is 19.4 Å². The number of hydrogen-bond donors (Lipinski definition) is 2. The van der Waals surface area contributed by atoms with Crippen molar-refractivity contribution in [2.24, 2.45) is 5.92 Å². The molecule has 0 saturated heterocycles. The summed E-state index contributed by atoms with van der Waals surface area (Å²) in [5.74, 6) is -0.172. The summed E-state index contributed by atoms with van der Waals surface area (Å²) in [5.41, 5.74) is 5.93. The molecule has 0 aliphatic heterocycles. The van der Waals surface area contributed by atoms with Gasteiger partial charge in [0.2, 0.25) is 0 Å². The molecule has 0 radical (unpaired) electrons. The van der Waals surface area contributed by atoms with E-state index in [2.05, 4.69) is 0 Å². The van der Waals surface area contributed by atoms with Gasteiger partial charge in [-0.25, -0.2) is 4.79 Å². The van der Waals surface area contributed by atoms with Crippen molar-refractivity contribution in [3.05, 3.63) is 23.8 Å². The molecule has 0 heterocycles. The van der Waals surface area contributed by atoms with Crippen LogP contribution in [-0.2, 0) is 9.47 Å². The number of phenolic OH excluding ortho intramolecular Hbond substituents is 1. The molecule has 0 aliphatic carbocycles. The van der Waals surface area contributed by atoms with Crippen LogP contribution in [0.3, 0.4) is 0 Å². The van der Waals surface area contributed by atoms with Crippen LogP contribution in [-0.4, -0.2) is 30.9 Å². The highest BCUT2D eigenvalue weighted by molar-refractivity contribution is 5.90. The number of anilines is 1. The van der Waals surface area contributed by atoms with Crippen LogP contribution in [0.15, 0.2) is 18.2 Å². The Morgan fingerprint density at radius 2 is 2.11 bits per heavy atom. The van der Waals surface area contributed by atoms with Gasteiger partial charge in [0.15, 0.2) is 0 Å². The zero-order chi connectivity index (χ0) is 13.5. The first-order chi connectivity index (χ1) is 8.50. The summed E-state index contributed by atoms with van der Waals surface area (Å²) in [6.45, 7) is 5.29. The molecule has 18 heavy (non-hydrogen) atoms. The molecule has 5 heteroatoms. The Balaban J connectivity index is 2.34. The Morgan fingerprint density at radius 3 is 2.72 bits per heavy atom. The van der Waals surface area contributed by atoms with Gasteiger partial charge in [-0.05, 0) is 24.1 Å². The van der Waals surface area contributed by atoms with Gasteiger partial charge in [0.25, 0.3) is 0 Å². The summed E-state index contributed by atoms with van der Waals surface area (Å²) in [7, 11) is 0. The maximum atomic E-state index is 11.6. The SMILES string of the molecule is CC(C)COCCOC(=O)c1ccc(N)c(O)c1. The molecule has 3 N–H and O–H groups in total. The third-order valence-corrected chi connectivity index (χ3v) is 2.18. The van der Waals surface area contributed by atoms with Gasteiger partial charge >= 0.3 is 5.97 Å². The lowest BCUT2D eigenvalue weighted by atomic mass is 10.2. The van der Waals surface area contributed by atoms with E-state index in [0.717, 1.165) is 0 Å². The van der Waals surface area contributed by atoms with Crippen molar-refractivity contribution in [3.63, 3.8) is 0 Å². The number of nitrogens with two attached hydrogens (primary N) is 1. The third-order valence-electron chi connectivity index (χ3n) is 2.18. The molecule has 0 aliphatic rings. The highest BCUT2D eigenvalue weighted by Gasteiger charge is 2.09. The molecule has 1 rings (SSSR count). The summed E-state index contributed by atoms with van der Waals surface area (Å²) in [6, 6.07) is 4.25. The summed E-state index contributed by atoms with van der Waals surface area (Å²) in [5, 5.41) is 9.36. The van der Waals surface area contributed by atoms with Crippen LogP contribution >= 0.6 is 0 Å². The number of phenols is 1. The van der Waals surface area contributed by atoms with Crippen molar-refractivity contribution in [1.82, 2.24) is 0 Å². The number of carbonyl (C=O) groups excluding carboxylic acids is 1. The standard InChI is InChI=1S/C13H19NO4/c1-9(2)8-17-5-6-18-13(16)10-3-4-11(14)12(15)7-10/h3-4,7,9,15H,5-6,8,14H2,1-2H3. The van der Waals surface area contributed by atoms with E-state index >= 15 is 0 Å². The second kappa shape index (κ2) is 6.86. The van der Waals surface area contributed by atoms with E-state index in [4.69, 9.17) is 15.2 Å². The topological polar surface area (TPSA) is 81.8 Å². The van der Waals surface area contributed by atoms with E-state index in [1.165, 1.54) is 18.2 Å². The molecule has 0 fully saturated rings. The van der Waals surface area contributed by atoms with Crippen LogP contribution in [0.25, 0.3) is 0 Å².